The van der Waals surface area contributed by atoms with E-state index in [1.165, 1.54) is 37.8 Å². The van der Waals surface area contributed by atoms with Crippen LogP contribution in [0, 0.1) is 5.92 Å². The molecule has 1 aromatic carbocycles. The lowest BCUT2D eigenvalue weighted by atomic mass is 9.88. The van der Waals surface area contributed by atoms with Gasteiger partial charge in [-0.2, -0.15) is 5.10 Å². The molecule has 7 nitrogen and oxygen atoms in total. The standard InChI is InChI=1S/C26H33N5O2/c1-27-26(32)25-22-14-20(12-13-23(22)31(29-25)17-18-8-4-2-5-9-18)28-16-21-15-24(33-30-21)19-10-6-3-7-11-19/h3,6-7,10-11,15,18,20,28H,2,4-5,8-9,12-14,16-17H2,1H3,(H,27,32). The summed E-state index contributed by atoms with van der Waals surface area (Å²) in [4.78, 5) is 12.6. The van der Waals surface area contributed by atoms with Gasteiger partial charge in [0.05, 0.1) is 5.69 Å². The van der Waals surface area contributed by atoms with Crippen LogP contribution in [0.25, 0.3) is 11.3 Å². The van der Waals surface area contributed by atoms with Gasteiger partial charge in [0, 0.05) is 49.1 Å². The van der Waals surface area contributed by atoms with Crippen molar-refractivity contribution in [2.24, 2.45) is 5.92 Å². The minimum absolute atomic E-state index is 0.0849. The number of amides is 1. The van der Waals surface area contributed by atoms with Gasteiger partial charge in [-0.1, -0.05) is 54.8 Å². The summed E-state index contributed by atoms with van der Waals surface area (Å²) in [5, 5.41) is 15.4. The van der Waals surface area contributed by atoms with Crippen LogP contribution >= 0.6 is 0 Å². The topological polar surface area (TPSA) is 85.0 Å². The third kappa shape index (κ3) is 4.88. The van der Waals surface area contributed by atoms with Crippen LogP contribution in [-0.2, 0) is 25.9 Å². The van der Waals surface area contributed by atoms with Crippen molar-refractivity contribution in [1.82, 2.24) is 25.6 Å². The Balaban J connectivity index is 1.27. The van der Waals surface area contributed by atoms with E-state index >= 15 is 0 Å². The van der Waals surface area contributed by atoms with Crippen molar-refractivity contribution in [3.05, 3.63) is 59.0 Å². The van der Waals surface area contributed by atoms with Gasteiger partial charge in [-0.15, -0.1) is 0 Å². The number of nitrogens with zero attached hydrogens (tertiary/aromatic N) is 3. The van der Waals surface area contributed by atoms with E-state index in [4.69, 9.17) is 9.62 Å². The molecule has 3 aromatic rings. The average Bonchev–Trinajstić information content (AvgIpc) is 3.48. The fourth-order valence-corrected chi connectivity index (χ4v) is 5.31. The highest BCUT2D eigenvalue weighted by Gasteiger charge is 2.30. The maximum absolute atomic E-state index is 12.6. The van der Waals surface area contributed by atoms with Crippen LogP contribution in [-0.4, -0.2) is 33.9 Å². The number of nitrogens with one attached hydrogen (secondary N) is 2. The molecule has 1 unspecified atom stereocenters. The number of fused-ring (bicyclic) bond motifs is 1. The summed E-state index contributed by atoms with van der Waals surface area (Å²) < 4.78 is 7.68. The van der Waals surface area contributed by atoms with Gasteiger partial charge in [0.1, 0.15) is 0 Å². The molecule has 1 atom stereocenters. The van der Waals surface area contributed by atoms with E-state index in [1.54, 1.807) is 7.05 Å². The van der Waals surface area contributed by atoms with E-state index in [0.29, 0.717) is 18.2 Å². The first-order valence-corrected chi connectivity index (χ1v) is 12.3. The van der Waals surface area contributed by atoms with E-state index in [-0.39, 0.29) is 11.9 Å². The van der Waals surface area contributed by atoms with Crippen LogP contribution in [0.3, 0.4) is 0 Å². The molecule has 0 radical (unpaired) electrons. The molecule has 0 saturated heterocycles. The number of carbonyl (C=O) groups is 1. The number of aromatic nitrogens is 3. The lowest BCUT2D eigenvalue weighted by Gasteiger charge is -2.26. The molecule has 0 bridgehead atoms. The molecule has 33 heavy (non-hydrogen) atoms. The summed E-state index contributed by atoms with van der Waals surface area (Å²) in [5.41, 5.74) is 4.88. The molecule has 2 aromatic heterocycles. The summed E-state index contributed by atoms with van der Waals surface area (Å²) in [6.45, 7) is 1.58. The molecule has 5 rings (SSSR count). The number of hydrogen-bond donors (Lipinski definition) is 2. The second-order valence-corrected chi connectivity index (χ2v) is 9.41. The first-order valence-electron chi connectivity index (χ1n) is 12.3. The molecule has 174 valence electrons. The van der Waals surface area contributed by atoms with Crippen molar-refractivity contribution in [1.29, 1.82) is 0 Å². The molecule has 1 saturated carbocycles. The van der Waals surface area contributed by atoms with Crippen molar-refractivity contribution in [3.8, 4) is 11.3 Å². The fourth-order valence-electron chi connectivity index (χ4n) is 5.31. The normalized spacial score (nSPS) is 18.8. The zero-order chi connectivity index (χ0) is 22.6. The highest BCUT2D eigenvalue weighted by Crippen LogP contribution is 2.30. The fraction of sp³-hybridized carbons (Fsp3) is 0.500. The Morgan fingerprint density at radius 2 is 1.97 bits per heavy atom. The van der Waals surface area contributed by atoms with E-state index in [9.17, 15) is 4.79 Å². The average molecular weight is 448 g/mol. The molecule has 1 fully saturated rings. The Kier molecular flexibility index (Phi) is 6.58. The van der Waals surface area contributed by atoms with Crippen LogP contribution in [0.5, 0.6) is 0 Å². The van der Waals surface area contributed by atoms with Gasteiger partial charge >= 0.3 is 0 Å². The molecule has 2 aliphatic carbocycles. The van der Waals surface area contributed by atoms with Gasteiger partial charge in [-0.25, -0.2) is 0 Å². The second kappa shape index (κ2) is 9.91. The van der Waals surface area contributed by atoms with Crippen molar-refractivity contribution in [2.75, 3.05) is 7.05 Å². The van der Waals surface area contributed by atoms with Gasteiger partial charge in [0.15, 0.2) is 11.5 Å². The maximum atomic E-state index is 12.6. The Bertz CT molecular complexity index is 1080. The van der Waals surface area contributed by atoms with E-state index in [2.05, 4.69) is 20.5 Å². The molecular formula is C26H33N5O2. The van der Waals surface area contributed by atoms with Crippen LogP contribution in [0.15, 0.2) is 40.9 Å². The quantitative estimate of drug-likeness (QED) is 0.569. The highest BCUT2D eigenvalue weighted by molar-refractivity contribution is 5.93. The van der Waals surface area contributed by atoms with Crippen molar-refractivity contribution in [2.45, 2.75) is 70.5 Å². The zero-order valence-corrected chi connectivity index (χ0v) is 19.3. The summed E-state index contributed by atoms with van der Waals surface area (Å²) in [5.74, 6) is 1.38. The summed E-state index contributed by atoms with van der Waals surface area (Å²) in [6, 6.07) is 12.3. The highest BCUT2D eigenvalue weighted by atomic mass is 16.5. The Labute approximate surface area is 194 Å². The third-order valence-corrected chi connectivity index (χ3v) is 7.13. The molecule has 7 heteroatoms. The Hall–Kier alpha value is -2.93. The van der Waals surface area contributed by atoms with Crippen molar-refractivity contribution < 1.29 is 9.32 Å². The lowest BCUT2D eigenvalue weighted by molar-refractivity contribution is 0.0956. The molecular weight excluding hydrogens is 414 g/mol. The monoisotopic (exact) mass is 447 g/mol. The number of rotatable bonds is 7. The van der Waals surface area contributed by atoms with E-state index in [0.717, 1.165) is 48.4 Å². The lowest BCUT2D eigenvalue weighted by Crippen LogP contribution is -2.35. The Morgan fingerprint density at radius 1 is 1.15 bits per heavy atom. The van der Waals surface area contributed by atoms with Crippen LogP contribution in [0.4, 0.5) is 0 Å². The van der Waals surface area contributed by atoms with Crippen LogP contribution < -0.4 is 10.6 Å². The van der Waals surface area contributed by atoms with E-state index < -0.39 is 0 Å². The predicted octanol–water partition coefficient (Wildman–Crippen LogP) is 4.13. The van der Waals surface area contributed by atoms with Crippen LogP contribution in [0.2, 0.25) is 0 Å². The molecule has 2 N–H and O–H groups in total. The summed E-state index contributed by atoms with van der Waals surface area (Å²) in [7, 11) is 1.68. The van der Waals surface area contributed by atoms with Gasteiger partial charge in [-0.3, -0.25) is 9.48 Å². The SMILES string of the molecule is CNC(=O)c1nn(CC2CCCCC2)c2c1CC(NCc1cc(-c3ccccc3)on1)CC2. The van der Waals surface area contributed by atoms with Gasteiger partial charge < -0.3 is 15.2 Å². The van der Waals surface area contributed by atoms with Gasteiger partial charge in [0.25, 0.3) is 5.91 Å². The van der Waals surface area contributed by atoms with Crippen molar-refractivity contribution >= 4 is 5.91 Å². The van der Waals surface area contributed by atoms with E-state index in [1.807, 2.05) is 36.4 Å². The van der Waals surface area contributed by atoms with Gasteiger partial charge in [0.2, 0.25) is 0 Å². The first-order chi connectivity index (χ1) is 16.2. The Morgan fingerprint density at radius 3 is 2.76 bits per heavy atom. The first kappa shape index (κ1) is 21.9. The molecule has 2 aliphatic rings. The largest absolute Gasteiger partial charge is 0.356 e. The zero-order valence-electron chi connectivity index (χ0n) is 19.3. The minimum Gasteiger partial charge on any atom is -0.356 e. The predicted molar refractivity (Wildman–Crippen MR) is 127 cm³/mol. The summed E-state index contributed by atoms with van der Waals surface area (Å²) >= 11 is 0. The van der Waals surface area contributed by atoms with Crippen LogP contribution in [0.1, 0.15) is 66.0 Å². The second-order valence-electron chi connectivity index (χ2n) is 9.41. The third-order valence-electron chi connectivity index (χ3n) is 7.13. The maximum Gasteiger partial charge on any atom is 0.271 e. The number of hydrogen-bond acceptors (Lipinski definition) is 5. The molecule has 0 aliphatic heterocycles. The number of carbonyl (C=O) groups excluding carboxylic acids is 1. The molecule has 1 amide bonds. The molecule has 2 heterocycles. The summed E-state index contributed by atoms with van der Waals surface area (Å²) in [6.07, 6.45) is 9.31. The van der Waals surface area contributed by atoms with Gasteiger partial charge in [-0.05, 0) is 38.0 Å². The smallest absolute Gasteiger partial charge is 0.271 e. The van der Waals surface area contributed by atoms with Crippen molar-refractivity contribution in [3.63, 3.8) is 0 Å². The molecule has 0 spiro atoms. The number of benzene rings is 1. The minimum atomic E-state index is -0.0849.